The predicted molar refractivity (Wildman–Crippen MR) is 63.1 cm³/mol. The molecule has 1 aromatic carbocycles. The summed E-state index contributed by atoms with van der Waals surface area (Å²) in [6.45, 7) is 3.82. The number of nitrogens with zero attached hydrogens (tertiary/aromatic N) is 2. The van der Waals surface area contributed by atoms with E-state index in [-0.39, 0.29) is 17.4 Å². The predicted octanol–water partition coefficient (Wildman–Crippen LogP) is 2.71. The van der Waals surface area contributed by atoms with Gasteiger partial charge in [0.05, 0.1) is 15.9 Å². The second-order valence-corrected chi connectivity index (χ2v) is 3.67. The summed E-state index contributed by atoms with van der Waals surface area (Å²) in [5.41, 5.74) is -0.263. The van der Waals surface area contributed by atoms with E-state index in [1.54, 1.807) is 0 Å². The highest BCUT2D eigenvalue weighted by Crippen LogP contribution is 2.29. The second-order valence-electron chi connectivity index (χ2n) is 3.67. The van der Waals surface area contributed by atoms with Crippen LogP contribution in [-0.4, -0.2) is 15.9 Å². The number of nitrogens with one attached hydrogen (secondary N) is 1. The maximum atomic E-state index is 10.8. The third kappa shape index (κ3) is 3.13. The molecule has 7 nitrogen and oxygen atoms in total. The SMILES string of the molecule is CCC(C)Nc1ccc([N+](=O)[O-])cc1[N+](=O)[O-]. The molecule has 0 saturated heterocycles. The van der Waals surface area contributed by atoms with Crippen LogP contribution < -0.4 is 5.32 Å². The van der Waals surface area contributed by atoms with Crippen molar-refractivity contribution in [1.29, 1.82) is 0 Å². The Kier molecular flexibility index (Phi) is 3.97. The molecule has 1 unspecified atom stereocenters. The fourth-order valence-corrected chi connectivity index (χ4v) is 1.27. The van der Waals surface area contributed by atoms with Crippen molar-refractivity contribution >= 4 is 17.1 Å². The zero-order chi connectivity index (χ0) is 13.0. The topological polar surface area (TPSA) is 98.3 Å². The van der Waals surface area contributed by atoms with Gasteiger partial charge in [0.25, 0.3) is 11.4 Å². The van der Waals surface area contributed by atoms with Gasteiger partial charge in [-0.2, -0.15) is 0 Å². The number of hydrogen-bond acceptors (Lipinski definition) is 5. The molecule has 0 amide bonds. The molecule has 0 aliphatic heterocycles. The summed E-state index contributed by atoms with van der Waals surface area (Å²) >= 11 is 0. The van der Waals surface area contributed by atoms with Crippen molar-refractivity contribution in [2.24, 2.45) is 0 Å². The zero-order valence-electron chi connectivity index (χ0n) is 9.54. The fourth-order valence-electron chi connectivity index (χ4n) is 1.27. The van der Waals surface area contributed by atoms with Gasteiger partial charge in [-0.25, -0.2) is 0 Å². The first-order chi connectivity index (χ1) is 7.95. The van der Waals surface area contributed by atoms with Gasteiger partial charge in [-0.3, -0.25) is 20.2 Å². The Morgan fingerprint density at radius 2 is 1.94 bits per heavy atom. The summed E-state index contributed by atoms with van der Waals surface area (Å²) in [6.07, 6.45) is 0.800. The number of hydrogen-bond donors (Lipinski definition) is 1. The number of non-ortho nitro benzene ring substituents is 1. The Labute approximate surface area is 97.7 Å². The highest BCUT2D eigenvalue weighted by atomic mass is 16.6. The van der Waals surface area contributed by atoms with Crippen molar-refractivity contribution in [1.82, 2.24) is 0 Å². The molecule has 0 aromatic heterocycles. The Morgan fingerprint density at radius 1 is 1.29 bits per heavy atom. The van der Waals surface area contributed by atoms with Crippen molar-refractivity contribution in [3.63, 3.8) is 0 Å². The zero-order valence-corrected chi connectivity index (χ0v) is 9.54. The van der Waals surface area contributed by atoms with Gasteiger partial charge in [-0.05, 0) is 19.4 Å². The first kappa shape index (κ1) is 12.9. The third-order valence-electron chi connectivity index (χ3n) is 2.40. The molecule has 0 aliphatic rings. The molecule has 7 heteroatoms. The van der Waals surface area contributed by atoms with Crippen LogP contribution in [0.25, 0.3) is 0 Å². The van der Waals surface area contributed by atoms with E-state index in [1.807, 2.05) is 13.8 Å². The van der Waals surface area contributed by atoms with Crippen LogP contribution in [0, 0.1) is 20.2 Å². The van der Waals surface area contributed by atoms with Crippen LogP contribution in [0.5, 0.6) is 0 Å². The van der Waals surface area contributed by atoms with Gasteiger partial charge >= 0.3 is 0 Å². The summed E-state index contributed by atoms with van der Waals surface area (Å²) < 4.78 is 0. The standard InChI is InChI=1S/C10H13N3O4/c1-3-7(2)11-9-5-4-8(12(14)15)6-10(9)13(16)17/h4-7,11H,3H2,1-2H3. The van der Waals surface area contributed by atoms with E-state index in [4.69, 9.17) is 0 Å². The molecule has 1 N–H and O–H groups in total. The molecular weight excluding hydrogens is 226 g/mol. The molecule has 0 radical (unpaired) electrons. The normalized spacial score (nSPS) is 11.9. The fraction of sp³-hybridized carbons (Fsp3) is 0.400. The Hall–Kier alpha value is -2.18. The van der Waals surface area contributed by atoms with Gasteiger partial charge < -0.3 is 5.32 Å². The summed E-state index contributed by atoms with van der Waals surface area (Å²) in [5.74, 6) is 0. The minimum Gasteiger partial charge on any atom is -0.377 e. The Balaban J connectivity index is 3.13. The molecule has 0 fully saturated rings. The molecule has 17 heavy (non-hydrogen) atoms. The molecule has 0 bridgehead atoms. The average molecular weight is 239 g/mol. The summed E-state index contributed by atoms with van der Waals surface area (Å²) in [5, 5.41) is 24.3. The maximum absolute atomic E-state index is 10.8. The molecule has 1 atom stereocenters. The van der Waals surface area contributed by atoms with Gasteiger partial charge in [0.2, 0.25) is 0 Å². The van der Waals surface area contributed by atoms with Crippen molar-refractivity contribution in [3.8, 4) is 0 Å². The first-order valence-corrected chi connectivity index (χ1v) is 5.15. The molecule has 1 rings (SSSR count). The first-order valence-electron chi connectivity index (χ1n) is 5.15. The number of nitro benzene ring substituents is 2. The van der Waals surface area contributed by atoms with E-state index in [2.05, 4.69) is 5.32 Å². The van der Waals surface area contributed by atoms with Crippen LogP contribution in [0.4, 0.5) is 17.1 Å². The molecule has 1 aromatic rings. The lowest BCUT2D eigenvalue weighted by atomic mass is 10.2. The van der Waals surface area contributed by atoms with Gasteiger partial charge in [-0.15, -0.1) is 0 Å². The maximum Gasteiger partial charge on any atom is 0.299 e. The van der Waals surface area contributed by atoms with E-state index in [1.165, 1.54) is 12.1 Å². The van der Waals surface area contributed by atoms with E-state index in [0.717, 1.165) is 12.5 Å². The molecule has 92 valence electrons. The number of benzene rings is 1. The van der Waals surface area contributed by atoms with Crippen molar-refractivity contribution in [2.75, 3.05) is 5.32 Å². The van der Waals surface area contributed by atoms with E-state index < -0.39 is 9.85 Å². The Bertz CT molecular complexity index is 447. The van der Waals surface area contributed by atoms with Crippen molar-refractivity contribution in [3.05, 3.63) is 38.4 Å². The Morgan fingerprint density at radius 3 is 2.41 bits per heavy atom. The van der Waals surface area contributed by atoms with Gasteiger partial charge in [0.15, 0.2) is 0 Å². The highest BCUT2D eigenvalue weighted by molar-refractivity contribution is 5.65. The van der Waals surface area contributed by atoms with E-state index >= 15 is 0 Å². The minimum atomic E-state index is -0.653. The molecular formula is C10H13N3O4. The average Bonchev–Trinajstić information content (AvgIpc) is 2.28. The highest BCUT2D eigenvalue weighted by Gasteiger charge is 2.19. The lowest BCUT2D eigenvalue weighted by molar-refractivity contribution is -0.393. The van der Waals surface area contributed by atoms with Crippen LogP contribution in [0.2, 0.25) is 0 Å². The third-order valence-corrected chi connectivity index (χ3v) is 2.40. The molecule has 0 heterocycles. The van der Waals surface area contributed by atoms with Gasteiger partial charge in [0, 0.05) is 12.1 Å². The summed E-state index contributed by atoms with van der Waals surface area (Å²) in [7, 11) is 0. The van der Waals surface area contributed by atoms with Crippen LogP contribution in [0.3, 0.4) is 0 Å². The van der Waals surface area contributed by atoms with Crippen molar-refractivity contribution in [2.45, 2.75) is 26.3 Å². The van der Waals surface area contributed by atoms with Gasteiger partial charge in [-0.1, -0.05) is 6.92 Å². The van der Waals surface area contributed by atoms with Crippen LogP contribution in [0.15, 0.2) is 18.2 Å². The second kappa shape index (κ2) is 5.24. The summed E-state index contributed by atoms with van der Waals surface area (Å²) in [6, 6.07) is 3.64. The lowest BCUT2D eigenvalue weighted by Crippen LogP contribution is -2.14. The molecule has 0 saturated carbocycles. The number of anilines is 1. The monoisotopic (exact) mass is 239 g/mol. The van der Waals surface area contributed by atoms with E-state index in [9.17, 15) is 20.2 Å². The molecule has 0 spiro atoms. The van der Waals surface area contributed by atoms with Gasteiger partial charge in [0.1, 0.15) is 5.69 Å². The van der Waals surface area contributed by atoms with Crippen molar-refractivity contribution < 1.29 is 9.85 Å². The quantitative estimate of drug-likeness (QED) is 0.629. The minimum absolute atomic E-state index is 0.0650. The summed E-state index contributed by atoms with van der Waals surface area (Å²) in [4.78, 5) is 20.1. The smallest absolute Gasteiger partial charge is 0.299 e. The number of nitro groups is 2. The van der Waals surface area contributed by atoms with Crippen LogP contribution in [0.1, 0.15) is 20.3 Å². The number of rotatable bonds is 5. The van der Waals surface area contributed by atoms with Crippen LogP contribution >= 0.6 is 0 Å². The van der Waals surface area contributed by atoms with Crippen LogP contribution in [-0.2, 0) is 0 Å². The largest absolute Gasteiger partial charge is 0.377 e. The molecule has 0 aliphatic carbocycles. The lowest BCUT2D eigenvalue weighted by Gasteiger charge is -2.12. The van der Waals surface area contributed by atoms with E-state index in [0.29, 0.717) is 5.69 Å².